The lowest BCUT2D eigenvalue weighted by molar-refractivity contribution is -0.133. The van der Waals surface area contributed by atoms with Crippen molar-refractivity contribution in [3.05, 3.63) is 70.8 Å². The Morgan fingerprint density at radius 3 is 2.58 bits per heavy atom. The normalized spacial score (nSPS) is 19.2. The smallest absolute Gasteiger partial charge is 0.237 e. The van der Waals surface area contributed by atoms with E-state index in [1.165, 1.54) is 22.3 Å². The van der Waals surface area contributed by atoms with Crippen molar-refractivity contribution >= 4 is 5.91 Å². The minimum Gasteiger partial charge on any atom is -0.337 e. The third kappa shape index (κ3) is 2.84. The highest BCUT2D eigenvalue weighted by Gasteiger charge is 2.28. The monoisotopic (exact) mass is 320 g/mol. The maximum absolute atomic E-state index is 12.8. The van der Waals surface area contributed by atoms with Crippen molar-refractivity contribution in [2.24, 2.45) is 0 Å². The molecule has 0 radical (unpaired) electrons. The summed E-state index contributed by atoms with van der Waals surface area (Å²) in [5.41, 5.74) is 5.52. The van der Waals surface area contributed by atoms with Crippen LogP contribution in [0.5, 0.6) is 0 Å². The second-order valence-corrected chi connectivity index (χ2v) is 7.00. The minimum absolute atomic E-state index is 0.247. The Morgan fingerprint density at radius 2 is 1.75 bits per heavy atom. The number of benzene rings is 2. The predicted molar refractivity (Wildman–Crippen MR) is 95.7 cm³/mol. The van der Waals surface area contributed by atoms with E-state index in [0.29, 0.717) is 12.6 Å². The van der Waals surface area contributed by atoms with Crippen LogP contribution >= 0.6 is 0 Å². The fourth-order valence-corrected chi connectivity index (χ4v) is 4.12. The number of carbonyl (C=O) groups excluding carboxylic acids is 1. The molecule has 0 fully saturated rings. The van der Waals surface area contributed by atoms with E-state index < -0.39 is 0 Å². The third-order valence-corrected chi connectivity index (χ3v) is 5.50. The van der Waals surface area contributed by atoms with E-state index in [-0.39, 0.29) is 5.91 Å². The fourth-order valence-electron chi connectivity index (χ4n) is 4.12. The van der Waals surface area contributed by atoms with Crippen molar-refractivity contribution in [3.63, 3.8) is 0 Å². The quantitative estimate of drug-likeness (QED) is 0.867. The zero-order valence-electron chi connectivity index (χ0n) is 14.2. The lowest BCUT2D eigenvalue weighted by Gasteiger charge is -2.32. The molecular weight excluding hydrogens is 296 g/mol. The van der Waals surface area contributed by atoms with Gasteiger partial charge in [0.1, 0.15) is 0 Å². The van der Waals surface area contributed by atoms with Gasteiger partial charge >= 0.3 is 0 Å². The van der Waals surface area contributed by atoms with E-state index in [1.807, 2.05) is 4.90 Å². The molecule has 4 rings (SSSR count). The standard InChI is InChI=1S/C21H24N2O/c1-22(20-11-10-17-7-4-5-9-19(17)20)15-21(24)23-13-12-16-6-2-3-8-18(16)14-23/h2-9,20H,10-15H2,1H3. The first-order chi connectivity index (χ1) is 11.7. The molecule has 1 heterocycles. The molecule has 124 valence electrons. The van der Waals surface area contributed by atoms with E-state index in [4.69, 9.17) is 0 Å². The van der Waals surface area contributed by atoms with Crippen LogP contribution in [0.25, 0.3) is 0 Å². The van der Waals surface area contributed by atoms with E-state index in [9.17, 15) is 4.79 Å². The highest BCUT2D eigenvalue weighted by Crippen LogP contribution is 2.34. The number of hydrogen-bond acceptors (Lipinski definition) is 2. The Labute approximate surface area is 143 Å². The first-order valence-electron chi connectivity index (χ1n) is 8.85. The van der Waals surface area contributed by atoms with Gasteiger partial charge in [0.25, 0.3) is 0 Å². The van der Waals surface area contributed by atoms with Gasteiger partial charge in [-0.1, -0.05) is 48.5 Å². The van der Waals surface area contributed by atoms with E-state index in [2.05, 4.69) is 60.5 Å². The Kier molecular flexibility index (Phi) is 4.11. The topological polar surface area (TPSA) is 23.6 Å². The van der Waals surface area contributed by atoms with Crippen LogP contribution in [0.2, 0.25) is 0 Å². The van der Waals surface area contributed by atoms with Gasteiger partial charge in [0, 0.05) is 19.1 Å². The Balaban J connectivity index is 1.42. The second kappa shape index (κ2) is 6.40. The van der Waals surface area contributed by atoms with Crippen molar-refractivity contribution in [1.82, 2.24) is 9.80 Å². The maximum Gasteiger partial charge on any atom is 0.237 e. The SMILES string of the molecule is CN(CC(=O)N1CCc2ccccc2C1)C1CCc2ccccc21. The van der Waals surface area contributed by atoms with Crippen molar-refractivity contribution in [1.29, 1.82) is 0 Å². The van der Waals surface area contributed by atoms with Crippen molar-refractivity contribution in [2.75, 3.05) is 20.1 Å². The Hall–Kier alpha value is -2.13. The highest BCUT2D eigenvalue weighted by molar-refractivity contribution is 5.78. The van der Waals surface area contributed by atoms with Gasteiger partial charge in [-0.05, 0) is 48.6 Å². The van der Waals surface area contributed by atoms with Gasteiger partial charge in [-0.2, -0.15) is 0 Å². The van der Waals surface area contributed by atoms with Gasteiger partial charge < -0.3 is 4.90 Å². The number of hydrogen-bond donors (Lipinski definition) is 0. The molecule has 24 heavy (non-hydrogen) atoms. The van der Waals surface area contributed by atoms with Crippen molar-refractivity contribution in [3.8, 4) is 0 Å². The van der Waals surface area contributed by atoms with Gasteiger partial charge in [0.05, 0.1) is 6.54 Å². The summed E-state index contributed by atoms with van der Waals surface area (Å²) in [6.45, 7) is 2.09. The molecule has 1 aliphatic carbocycles. The summed E-state index contributed by atoms with van der Waals surface area (Å²) < 4.78 is 0. The second-order valence-electron chi connectivity index (χ2n) is 7.00. The van der Waals surface area contributed by atoms with Crippen LogP contribution in [0.1, 0.15) is 34.7 Å². The molecule has 2 aliphatic rings. The van der Waals surface area contributed by atoms with Crippen LogP contribution < -0.4 is 0 Å². The van der Waals surface area contributed by atoms with Gasteiger partial charge in [0.2, 0.25) is 5.91 Å². The first-order valence-corrected chi connectivity index (χ1v) is 8.85. The summed E-state index contributed by atoms with van der Waals surface area (Å²) in [4.78, 5) is 17.0. The van der Waals surface area contributed by atoms with Crippen LogP contribution in [-0.4, -0.2) is 35.8 Å². The molecule has 1 unspecified atom stereocenters. The molecule has 2 aromatic rings. The zero-order chi connectivity index (χ0) is 16.5. The molecule has 3 nitrogen and oxygen atoms in total. The molecule has 0 aromatic heterocycles. The van der Waals surface area contributed by atoms with Gasteiger partial charge in [-0.25, -0.2) is 0 Å². The number of fused-ring (bicyclic) bond motifs is 2. The first kappa shape index (κ1) is 15.4. The number of carbonyl (C=O) groups is 1. The number of likely N-dealkylation sites (N-methyl/N-ethyl adjacent to an activating group) is 1. The minimum atomic E-state index is 0.247. The van der Waals surface area contributed by atoms with Gasteiger partial charge in [-0.15, -0.1) is 0 Å². The van der Waals surface area contributed by atoms with E-state index in [0.717, 1.165) is 32.4 Å². The van der Waals surface area contributed by atoms with Crippen LogP contribution in [0.15, 0.2) is 48.5 Å². The van der Waals surface area contributed by atoms with Crippen LogP contribution in [0, 0.1) is 0 Å². The van der Waals surface area contributed by atoms with Crippen LogP contribution in [-0.2, 0) is 24.2 Å². The molecule has 0 N–H and O–H groups in total. The fraction of sp³-hybridized carbons (Fsp3) is 0.381. The number of rotatable bonds is 3. The van der Waals surface area contributed by atoms with E-state index >= 15 is 0 Å². The predicted octanol–water partition coefficient (Wildman–Crippen LogP) is 3.19. The Morgan fingerprint density at radius 1 is 1.04 bits per heavy atom. The largest absolute Gasteiger partial charge is 0.337 e. The van der Waals surface area contributed by atoms with Gasteiger partial charge in [-0.3, -0.25) is 9.69 Å². The molecule has 1 atom stereocenters. The summed E-state index contributed by atoms with van der Waals surface area (Å²) >= 11 is 0. The molecule has 2 aromatic carbocycles. The molecule has 0 bridgehead atoms. The molecule has 1 amide bonds. The summed E-state index contributed by atoms with van der Waals surface area (Å²) in [5, 5.41) is 0. The zero-order valence-corrected chi connectivity index (χ0v) is 14.2. The van der Waals surface area contributed by atoms with Crippen LogP contribution in [0.4, 0.5) is 0 Å². The summed E-state index contributed by atoms with van der Waals surface area (Å²) in [5.74, 6) is 0.247. The van der Waals surface area contributed by atoms with Crippen LogP contribution in [0.3, 0.4) is 0 Å². The average Bonchev–Trinajstić information content (AvgIpc) is 3.05. The number of amides is 1. The molecule has 1 aliphatic heterocycles. The summed E-state index contributed by atoms with van der Waals surface area (Å²) in [6, 6.07) is 17.5. The summed E-state index contributed by atoms with van der Waals surface area (Å²) in [7, 11) is 2.09. The third-order valence-electron chi connectivity index (χ3n) is 5.50. The lowest BCUT2D eigenvalue weighted by atomic mass is 10.00. The number of aryl methyl sites for hydroxylation is 1. The molecule has 3 heteroatoms. The molecule has 0 saturated heterocycles. The van der Waals surface area contributed by atoms with Gasteiger partial charge in [0.15, 0.2) is 0 Å². The van der Waals surface area contributed by atoms with Crippen molar-refractivity contribution < 1.29 is 4.79 Å². The lowest BCUT2D eigenvalue weighted by Crippen LogP contribution is -2.42. The Bertz CT molecular complexity index is 755. The van der Waals surface area contributed by atoms with E-state index in [1.54, 1.807) is 0 Å². The molecule has 0 spiro atoms. The molecular formula is C21H24N2O. The number of nitrogens with zero attached hydrogens (tertiary/aromatic N) is 2. The highest BCUT2D eigenvalue weighted by atomic mass is 16.2. The maximum atomic E-state index is 12.8. The summed E-state index contributed by atoms with van der Waals surface area (Å²) in [6.07, 6.45) is 3.21. The van der Waals surface area contributed by atoms with Crippen molar-refractivity contribution in [2.45, 2.75) is 31.8 Å². The molecule has 0 saturated carbocycles. The average molecular weight is 320 g/mol.